The van der Waals surface area contributed by atoms with Gasteiger partial charge in [0, 0.05) is 61.0 Å². The quantitative estimate of drug-likeness (QED) is 0.256. The number of hydrogen-bond donors (Lipinski definition) is 1. The van der Waals surface area contributed by atoms with Gasteiger partial charge in [-0.05, 0) is 57.3 Å². The van der Waals surface area contributed by atoms with Crippen LogP contribution in [0.2, 0.25) is 5.02 Å². The van der Waals surface area contributed by atoms with Crippen molar-refractivity contribution in [3.63, 3.8) is 0 Å². The Kier molecular flexibility index (Phi) is 9.99. The molecule has 0 bridgehead atoms. The number of nitrogens with one attached hydrogen (secondary N) is 1. The van der Waals surface area contributed by atoms with Gasteiger partial charge < -0.3 is 29.5 Å². The highest BCUT2D eigenvalue weighted by molar-refractivity contribution is 6.36. The molecule has 1 atom stereocenters. The fraction of sp³-hybridized carbons (Fsp3) is 0.438. The third kappa shape index (κ3) is 7.19. The SMILES string of the molecule is CCN(CCNC(=O)/C=C/C(=O)OC)c1nc(OC[C@@H]2CCCN2C)nc2c1CCN(c1cccc3cccc(Cl)c13)C2. The highest BCUT2D eigenvalue weighted by Gasteiger charge is 2.28. The molecule has 3 aromatic rings. The highest BCUT2D eigenvalue weighted by Crippen LogP contribution is 2.37. The number of amides is 1. The van der Waals surface area contributed by atoms with Crippen LogP contribution in [0.1, 0.15) is 31.0 Å². The molecule has 0 aliphatic carbocycles. The Morgan fingerprint density at radius 3 is 2.72 bits per heavy atom. The Labute approximate surface area is 257 Å². The smallest absolute Gasteiger partial charge is 0.330 e. The zero-order chi connectivity index (χ0) is 30.3. The van der Waals surface area contributed by atoms with Crippen LogP contribution in [0.15, 0.2) is 48.6 Å². The summed E-state index contributed by atoms with van der Waals surface area (Å²) in [5.74, 6) is -0.105. The minimum atomic E-state index is -0.575. The minimum absolute atomic E-state index is 0.341. The predicted molar refractivity (Wildman–Crippen MR) is 169 cm³/mol. The first-order valence-corrected chi connectivity index (χ1v) is 15.2. The molecule has 0 radical (unpaired) electrons. The topological polar surface area (TPSA) is 100 Å². The molecule has 10 nitrogen and oxygen atoms in total. The van der Waals surface area contributed by atoms with Gasteiger partial charge in [0.25, 0.3) is 0 Å². The monoisotopic (exact) mass is 606 g/mol. The number of nitrogens with zero attached hydrogens (tertiary/aromatic N) is 5. The molecule has 11 heteroatoms. The summed E-state index contributed by atoms with van der Waals surface area (Å²) in [6.45, 7) is 6.64. The number of fused-ring (bicyclic) bond motifs is 2. The average Bonchev–Trinajstić information content (AvgIpc) is 3.44. The van der Waals surface area contributed by atoms with E-state index in [2.05, 4.69) is 63.0 Å². The van der Waals surface area contributed by atoms with Gasteiger partial charge in [-0.2, -0.15) is 9.97 Å². The number of aromatic nitrogens is 2. The number of carbonyl (C=O) groups excluding carboxylic acids is 2. The number of halogens is 1. The average molecular weight is 607 g/mol. The molecule has 2 aromatic carbocycles. The zero-order valence-electron chi connectivity index (χ0n) is 25.0. The summed E-state index contributed by atoms with van der Waals surface area (Å²) < 4.78 is 10.8. The van der Waals surface area contributed by atoms with Gasteiger partial charge in [0.1, 0.15) is 12.4 Å². The van der Waals surface area contributed by atoms with Crippen molar-refractivity contribution in [1.82, 2.24) is 20.2 Å². The Morgan fingerprint density at radius 2 is 1.98 bits per heavy atom. The molecule has 1 amide bonds. The van der Waals surface area contributed by atoms with E-state index in [1.165, 1.54) is 13.2 Å². The maximum Gasteiger partial charge on any atom is 0.330 e. The zero-order valence-corrected chi connectivity index (χ0v) is 25.8. The number of likely N-dealkylation sites (tertiary alicyclic amines) is 1. The molecule has 3 heterocycles. The van der Waals surface area contributed by atoms with Crippen molar-refractivity contribution in [3.8, 4) is 6.01 Å². The Bertz CT molecular complexity index is 1490. The lowest BCUT2D eigenvalue weighted by molar-refractivity contribution is -0.135. The van der Waals surface area contributed by atoms with E-state index in [0.717, 1.165) is 77.0 Å². The fourth-order valence-electron chi connectivity index (χ4n) is 5.82. The maximum atomic E-state index is 12.2. The number of methoxy groups -OCH3 is 1. The van der Waals surface area contributed by atoms with E-state index in [0.29, 0.717) is 44.8 Å². The van der Waals surface area contributed by atoms with E-state index in [4.69, 9.17) is 26.3 Å². The van der Waals surface area contributed by atoms with Crippen LogP contribution in [0.4, 0.5) is 11.5 Å². The number of ether oxygens (including phenoxy) is 2. The van der Waals surface area contributed by atoms with Crippen molar-refractivity contribution in [2.45, 2.75) is 38.8 Å². The lowest BCUT2D eigenvalue weighted by atomic mass is 10.0. The first-order chi connectivity index (χ1) is 20.9. The maximum absolute atomic E-state index is 12.2. The first kappa shape index (κ1) is 30.6. The van der Waals surface area contributed by atoms with Crippen molar-refractivity contribution in [2.24, 2.45) is 0 Å². The summed E-state index contributed by atoms with van der Waals surface area (Å²) in [6.07, 6.45) is 5.29. The standard InChI is InChI=1S/C32H39ClN6O4/c1-4-38(19-16-34-28(40)13-14-29(41)42-3)31-24-15-18-39(27-12-6-9-22-8-5-11-25(33)30(22)27)20-26(24)35-32(36-31)43-21-23-10-7-17-37(23)2/h5-6,8-9,11-14,23H,4,7,10,15-21H2,1-3H3,(H,34,40)/b14-13+/t23-/m0/s1. The van der Waals surface area contributed by atoms with Crippen molar-refractivity contribution >= 4 is 45.8 Å². The molecule has 2 aliphatic rings. The highest BCUT2D eigenvalue weighted by atomic mass is 35.5. The fourth-order valence-corrected chi connectivity index (χ4v) is 6.10. The van der Waals surface area contributed by atoms with Gasteiger partial charge in [-0.1, -0.05) is 35.9 Å². The van der Waals surface area contributed by atoms with Crippen molar-refractivity contribution < 1.29 is 19.1 Å². The van der Waals surface area contributed by atoms with Crippen molar-refractivity contribution in [3.05, 3.63) is 64.8 Å². The van der Waals surface area contributed by atoms with Crippen LogP contribution < -0.4 is 19.9 Å². The van der Waals surface area contributed by atoms with Crippen LogP contribution >= 0.6 is 11.6 Å². The van der Waals surface area contributed by atoms with Gasteiger partial charge >= 0.3 is 12.0 Å². The van der Waals surface area contributed by atoms with Gasteiger partial charge in [-0.15, -0.1) is 0 Å². The molecule has 0 saturated carbocycles. The first-order valence-electron chi connectivity index (χ1n) is 14.8. The molecule has 1 aromatic heterocycles. The number of benzene rings is 2. The molecule has 228 valence electrons. The third-order valence-electron chi connectivity index (χ3n) is 8.21. The van der Waals surface area contributed by atoms with Crippen LogP contribution in [-0.4, -0.2) is 86.3 Å². The number of hydrogen-bond acceptors (Lipinski definition) is 9. The lowest BCUT2D eigenvalue weighted by Gasteiger charge is -2.34. The third-order valence-corrected chi connectivity index (χ3v) is 8.52. The minimum Gasteiger partial charge on any atom is -0.466 e. The molecule has 2 aliphatic heterocycles. The number of likely N-dealkylation sites (N-methyl/N-ethyl adjacent to an activating group) is 2. The Hall–Kier alpha value is -3.89. The van der Waals surface area contributed by atoms with E-state index in [1.54, 1.807) is 0 Å². The number of rotatable bonds is 11. The normalized spacial score (nSPS) is 16.8. The van der Waals surface area contributed by atoms with Gasteiger partial charge in [-0.25, -0.2) is 4.79 Å². The Morgan fingerprint density at radius 1 is 1.16 bits per heavy atom. The van der Waals surface area contributed by atoms with Gasteiger partial charge in [0.15, 0.2) is 0 Å². The Balaban J connectivity index is 1.40. The van der Waals surface area contributed by atoms with Crippen LogP contribution in [0.3, 0.4) is 0 Å². The summed E-state index contributed by atoms with van der Waals surface area (Å²) in [5, 5.41) is 5.70. The molecule has 43 heavy (non-hydrogen) atoms. The molecule has 0 unspecified atom stereocenters. The van der Waals surface area contributed by atoms with Crippen LogP contribution in [-0.2, 0) is 27.3 Å². The van der Waals surface area contributed by atoms with E-state index < -0.39 is 5.97 Å². The predicted octanol–water partition coefficient (Wildman–Crippen LogP) is 3.99. The number of esters is 1. The molecule has 1 N–H and O–H groups in total. The molecular formula is C32H39ClN6O4. The molecular weight excluding hydrogens is 568 g/mol. The summed E-state index contributed by atoms with van der Waals surface area (Å²) in [5.41, 5.74) is 3.10. The summed E-state index contributed by atoms with van der Waals surface area (Å²) >= 11 is 6.68. The number of anilines is 2. The van der Waals surface area contributed by atoms with Gasteiger partial charge in [0.2, 0.25) is 5.91 Å². The molecule has 0 spiro atoms. The van der Waals surface area contributed by atoms with Crippen molar-refractivity contribution in [2.75, 3.05) is 63.3 Å². The van der Waals surface area contributed by atoms with Crippen LogP contribution in [0.5, 0.6) is 6.01 Å². The largest absolute Gasteiger partial charge is 0.466 e. The second kappa shape index (κ2) is 14.1. The second-order valence-electron chi connectivity index (χ2n) is 10.9. The van der Waals surface area contributed by atoms with E-state index in [-0.39, 0.29) is 5.91 Å². The van der Waals surface area contributed by atoms with Crippen LogP contribution in [0.25, 0.3) is 10.8 Å². The summed E-state index contributed by atoms with van der Waals surface area (Å²) in [6, 6.07) is 13.0. The van der Waals surface area contributed by atoms with E-state index in [9.17, 15) is 9.59 Å². The van der Waals surface area contributed by atoms with Crippen molar-refractivity contribution in [1.29, 1.82) is 0 Å². The van der Waals surface area contributed by atoms with Gasteiger partial charge in [-0.3, -0.25) is 4.79 Å². The summed E-state index contributed by atoms with van der Waals surface area (Å²) in [7, 11) is 3.40. The number of carbonyl (C=O) groups is 2. The van der Waals surface area contributed by atoms with E-state index in [1.807, 2.05) is 12.1 Å². The molecule has 1 fully saturated rings. The van der Waals surface area contributed by atoms with Gasteiger partial charge in [0.05, 0.1) is 24.4 Å². The van der Waals surface area contributed by atoms with Crippen LogP contribution in [0, 0.1) is 0 Å². The molecule has 1 saturated heterocycles. The summed E-state index contributed by atoms with van der Waals surface area (Å²) in [4.78, 5) is 40.2. The van der Waals surface area contributed by atoms with E-state index >= 15 is 0 Å². The lowest BCUT2D eigenvalue weighted by Crippen LogP contribution is -2.38. The second-order valence-corrected chi connectivity index (χ2v) is 11.3. The molecule has 5 rings (SSSR count).